The van der Waals surface area contributed by atoms with Crippen molar-refractivity contribution in [2.24, 2.45) is 4.99 Å². The van der Waals surface area contributed by atoms with Crippen LogP contribution in [0.1, 0.15) is 31.0 Å². The first kappa shape index (κ1) is 18.9. The fraction of sp³-hybridized carbons (Fsp3) is 0.381. The Bertz CT molecular complexity index is 775. The van der Waals surface area contributed by atoms with Gasteiger partial charge in [0.25, 0.3) is 0 Å². The molecule has 1 amide bonds. The van der Waals surface area contributed by atoms with E-state index in [1.54, 1.807) is 6.20 Å². The molecule has 0 fully saturated rings. The van der Waals surface area contributed by atoms with Crippen LogP contribution >= 0.6 is 0 Å². The summed E-state index contributed by atoms with van der Waals surface area (Å²) in [5, 5.41) is 6.52. The maximum Gasteiger partial charge on any atom is 0.227 e. The molecule has 2 heterocycles. The smallest absolute Gasteiger partial charge is 0.227 e. The third kappa shape index (κ3) is 5.29. The highest BCUT2D eigenvalue weighted by Crippen LogP contribution is 2.27. The Morgan fingerprint density at radius 1 is 1.19 bits per heavy atom. The van der Waals surface area contributed by atoms with Gasteiger partial charge in [-0.1, -0.05) is 24.3 Å². The molecule has 0 aliphatic carbocycles. The van der Waals surface area contributed by atoms with Crippen LogP contribution in [-0.2, 0) is 17.8 Å². The van der Waals surface area contributed by atoms with Crippen molar-refractivity contribution in [3.8, 4) is 0 Å². The predicted molar refractivity (Wildman–Crippen MR) is 109 cm³/mol. The lowest BCUT2D eigenvalue weighted by Gasteiger charge is -2.17. The maximum absolute atomic E-state index is 12.5. The number of carbonyl (C=O) groups is 1. The van der Waals surface area contributed by atoms with Gasteiger partial charge in [-0.05, 0) is 43.5 Å². The summed E-state index contributed by atoms with van der Waals surface area (Å²) in [6, 6.07) is 14.0. The number of nitrogens with one attached hydrogen (secondary N) is 2. The molecule has 1 aliphatic heterocycles. The molecule has 0 bridgehead atoms. The molecule has 2 aromatic rings. The fourth-order valence-electron chi connectivity index (χ4n) is 3.17. The average Bonchev–Trinajstić information content (AvgIpc) is 3.14. The minimum Gasteiger partial charge on any atom is -0.357 e. The lowest BCUT2D eigenvalue weighted by molar-refractivity contribution is -0.118. The van der Waals surface area contributed by atoms with Crippen LogP contribution in [0.3, 0.4) is 0 Å². The number of aromatic nitrogens is 1. The van der Waals surface area contributed by atoms with Crippen LogP contribution in [0.2, 0.25) is 0 Å². The molecule has 3 rings (SSSR count). The van der Waals surface area contributed by atoms with E-state index in [4.69, 9.17) is 0 Å². The van der Waals surface area contributed by atoms with Crippen LogP contribution in [0.15, 0.2) is 53.7 Å². The summed E-state index contributed by atoms with van der Waals surface area (Å²) < 4.78 is 0. The molecule has 0 unspecified atom stereocenters. The molecule has 6 heteroatoms. The third-order valence-corrected chi connectivity index (χ3v) is 4.52. The molecular formula is C21H27N5O. The van der Waals surface area contributed by atoms with E-state index >= 15 is 0 Å². The Hall–Kier alpha value is -2.89. The van der Waals surface area contributed by atoms with Gasteiger partial charge in [0.05, 0.1) is 12.2 Å². The second-order valence-electron chi connectivity index (χ2n) is 6.47. The zero-order valence-corrected chi connectivity index (χ0v) is 15.8. The van der Waals surface area contributed by atoms with Crippen LogP contribution in [0.5, 0.6) is 0 Å². The average molecular weight is 365 g/mol. The van der Waals surface area contributed by atoms with Crippen LogP contribution in [0.4, 0.5) is 5.69 Å². The number of carbonyl (C=O) groups excluding carboxylic acids is 1. The monoisotopic (exact) mass is 365 g/mol. The standard InChI is InChI=1S/C21H27N5O/c1-2-22-21(25-16-18-9-5-6-13-23-18)24-14-7-11-20(27)26-15-12-17-8-3-4-10-19(17)26/h3-6,8-10,13H,2,7,11-12,14-16H2,1H3,(H2,22,24,25). The molecule has 0 spiro atoms. The van der Waals surface area contributed by atoms with Gasteiger partial charge in [-0.2, -0.15) is 0 Å². The molecule has 0 saturated carbocycles. The highest BCUT2D eigenvalue weighted by Gasteiger charge is 2.23. The molecule has 0 atom stereocenters. The first-order valence-electron chi connectivity index (χ1n) is 9.58. The quantitative estimate of drug-likeness (QED) is 0.449. The molecule has 6 nitrogen and oxygen atoms in total. The molecule has 1 aliphatic rings. The summed E-state index contributed by atoms with van der Waals surface area (Å²) in [4.78, 5) is 23.3. The van der Waals surface area contributed by atoms with E-state index in [0.717, 1.165) is 43.3 Å². The van der Waals surface area contributed by atoms with Crippen molar-refractivity contribution in [3.63, 3.8) is 0 Å². The van der Waals surface area contributed by atoms with Crippen molar-refractivity contribution in [1.29, 1.82) is 0 Å². The number of aliphatic imine (C=N–C) groups is 1. The van der Waals surface area contributed by atoms with E-state index in [-0.39, 0.29) is 5.91 Å². The number of benzene rings is 1. The molecular weight excluding hydrogens is 338 g/mol. The maximum atomic E-state index is 12.5. The summed E-state index contributed by atoms with van der Waals surface area (Å²) in [5.41, 5.74) is 3.26. The summed E-state index contributed by atoms with van der Waals surface area (Å²) >= 11 is 0. The molecule has 2 N–H and O–H groups in total. The Morgan fingerprint density at radius 3 is 2.85 bits per heavy atom. The number of hydrogen-bond donors (Lipinski definition) is 2. The summed E-state index contributed by atoms with van der Waals surface area (Å²) in [5.74, 6) is 0.944. The van der Waals surface area contributed by atoms with E-state index < -0.39 is 0 Å². The number of amides is 1. The Morgan fingerprint density at radius 2 is 2.04 bits per heavy atom. The lowest BCUT2D eigenvalue weighted by Crippen LogP contribution is -2.38. The van der Waals surface area contributed by atoms with E-state index in [1.807, 2.05) is 48.2 Å². The molecule has 0 radical (unpaired) electrons. The lowest BCUT2D eigenvalue weighted by atomic mass is 10.2. The summed E-state index contributed by atoms with van der Waals surface area (Å²) in [6.07, 6.45) is 4.02. The number of nitrogens with zero attached hydrogens (tertiary/aromatic N) is 3. The van der Waals surface area contributed by atoms with Crippen LogP contribution < -0.4 is 15.5 Å². The Kier molecular flexibility index (Phi) is 6.79. The summed E-state index contributed by atoms with van der Waals surface area (Å²) in [6.45, 7) is 4.85. The topological polar surface area (TPSA) is 69.6 Å². The number of pyridine rings is 1. The van der Waals surface area contributed by atoms with Gasteiger partial charge in [0, 0.05) is 37.9 Å². The number of anilines is 1. The predicted octanol–water partition coefficient (Wildman–Crippen LogP) is 2.51. The van der Waals surface area contributed by atoms with Gasteiger partial charge in [-0.15, -0.1) is 0 Å². The van der Waals surface area contributed by atoms with Crippen molar-refractivity contribution >= 4 is 17.6 Å². The van der Waals surface area contributed by atoms with E-state index in [9.17, 15) is 4.79 Å². The SMILES string of the molecule is CCNC(=NCc1ccccn1)NCCCC(=O)N1CCc2ccccc21. The first-order chi connectivity index (χ1) is 13.3. The number of guanidine groups is 1. The second-order valence-corrected chi connectivity index (χ2v) is 6.47. The number of fused-ring (bicyclic) bond motifs is 1. The van der Waals surface area contributed by atoms with Gasteiger partial charge in [0.15, 0.2) is 5.96 Å². The largest absolute Gasteiger partial charge is 0.357 e. The summed E-state index contributed by atoms with van der Waals surface area (Å²) in [7, 11) is 0. The number of hydrogen-bond acceptors (Lipinski definition) is 3. The Balaban J connectivity index is 1.44. The molecule has 1 aromatic carbocycles. The highest BCUT2D eigenvalue weighted by atomic mass is 16.2. The van der Waals surface area contributed by atoms with Gasteiger partial charge in [-0.25, -0.2) is 4.99 Å². The molecule has 142 valence electrons. The fourth-order valence-corrected chi connectivity index (χ4v) is 3.17. The van der Waals surface area contributed by atoms with Crippen molar-refractivity contribution in [1.82, 2.24) is 15.6 Å². The van der Waals surface area contributed by atoms with Gasteiger partial charge >= 0.3 is 0 Å². The van der Waals surface area contributed by atoms with Crippen molar-refractivity contribution in [3.05, 3.63) is 59.9 Å². The van der Waals surface area contributed by atoms with E-state index in [2.05, 4.69) is 26.7 Å². The van der Waals surface area contributed by atoms with Crippen molar-refractivity contribution in [2.75, 3.05) is 24.5 Å². The van der Waals surface area contributed by atoms with Gasteiger partial charge in [0.1, 0.15) is 0 Å². The van der Waals surface area contributed by atoms with E-state index in [1.165, 1.54) is 5.56 Å². The second kappa shape index (κ2) is 9.71. The molecule has 27 heavy (non-hydrogen) atoms. The Labute approximate surface area is 160 Å². The van der Waals surface area contributed by atoms with Crippen LogP contribution in [0, 0.1) is 0 Å². The molecule has 1 aromatic heterocycles. The van der Waals surface area contributed by atoms with Crippen LogP contribution in [-0.4, -0.2) is 36.5 Å². The van der Waals surface area contributed by atoms with Gasteiger partial charge in [-0.3, -0.25) is 9.78 Å². The van der Waals surface area contributed by atoms with Crippen LogP contribution in [0.25, 0.3) is 0 Å². The molecule has 0 saturated heterocycles. The number of para-hydroxylation sites is 1. The van der Waals surface area contributed by atoms with E-state index in [0.29, 0.717) is 19.5 Å². The van der Waals surface area contributed by atoms with Crippen molar-refractivity contribution < 1.29 is 4.79 Å². The normalized spacial score (nSPS) is 13.4. The zero-order valence-electron chi connectivity index (χ0n) is 15.8. The minimum atomic E-state index is 0.192. The highest BCUT2D eigenvalue weighted by molar-refractivity contribution is 5.95. The zero-order chi connectivity index (χ0) is 18.9. The van der Waals surface area contributed by atoms with Gasteiger partial charge in [0.2, 0.25) is 5.91 Å². The number of rotatable bonds is 7. The minimum absolute atomic E-state index is 0.192. The van der Waals surface area contributed by atoms with Crippen molar-refractivity contribution in [2.45, 2.75) is 32.7 Å². The van der Waals surface area contributed by atoms with Gasteiger partial charge < -0.3 is 15.5 Å². The third-order valence-electron chi connectivity index (χ3n) is 4.52. The first-order valence-corrected chi connectivity index (χ1v) is 9.58.